The van der Waals surface area contributed by atoms with E-state index in [1.165, 1.54) is 0 Å². The second kappa shape index (κ2) is 6.35. The number of aromatic nitrogens is 2. The van der Waals surface area contributed by atoms with Crippen molar-refractivity contribution in [2.45, 2.75) is 19.1 Å². The van der Waals surface area contributed by atoms with Crippen LogP contribution in [-0.4, -0.2) is 47.7 Å². The predicted octanol–water partition coefficient (Wildman–Crippen LogP) is 2.60. The molecule has 124 valence electrons. The van der Waals surface area contributed by atoms with Crippen molar-refractivity contribution < 1.29 is 12.8 Å². The average Bonchev–Trinajstić information content (AvgIpc) is 3.03. The largest absolute Gasteiger partial charge is 0.409 e. The van der Waals surface area contributed by atoms with Gasteiger partial charge in [-0.15, -0.1) is 5.10 Å². The Morgan fingerprint density at radius 3 is 2.74 bits per heavy atom. The van der Waals surface area contributed by atoms with Crippen molar-refractivity contribution in [3.8, 4) is 11.5 Å². The molecule has 23 heavy (non-hydrogen) atoms. The molecule has 1 fully saturated rings. The van der Waals surface area contributed by atoms with Gasteiger partial charge in [-0.1, -0.05) is 11.6 Å². The standard InChI is InChI=1S/C14H16ClN3O3S2/c1-17(12-6-7-23(19,20)8-12)9-18-14(22)21-13(16-18)10-2-4-11(15)5-3-10/h2-5,12H,6-9H2,1H3. The molecule has 0 bridgehead atoms. The Bertz CT molecular complexity index is 858. The van der Waals surface area contributed by atoms with Crippen LogP contribution >= 0.6 is 23.8 Å². The highest BCUT2D eigenvalue weighted by atomic mass is 35.5. The van der Waals surface area contributed by atoms with Gasteiger partial charge in [-0.05, 0) is 50.0 Å². The first-order valence-electron chi connectivity index (χ1n) is 7.08. The number of halogens is 1. The number of sulfone groups is 1. The smallest absolute Gasteiger partial charge is 0.288 e. The van der Waals surface area contributed by atoms with Crippen LogP contribution in [0.1, 0.15) is 6.42 Å². The number of nitrogens with zero attached hydrogens (tertiary/aromatic N) is 3. The maximum absolute atomic E-state index is 11.6. The lowest BCUT2D eigenvalue weighted by atomic mass is 10.2. The van der Waals surface area contributed by atoms with Gasteiger partial charge in [0.1, 0.15) is 0 Å². The average molecular weight is 374 g/mol. The van der Waals surface area contributed by atoms with Crippen LogP contribution in [0.5, 0.6) is 0 Å². The fourth-order valence-corrected chi connectivity index (χ4v) is 4.66. The van der Waals surface area contributed by atoms with Crippen LogP contribution in [0.15, 0.2) is 28.7 Å². The maximum atomic E-state index is 11.6. The van der Waals surface area contributed by atoms with Crippen molar-refractivity contribution in [2.75, 3.05) is 18.6 Å². The van der Waals surface area contributed by atoms with E-state index in [0.717, 1.165) is 5.56 Å². The van der Waals surface area contributed by atoms with Gasteiger partial charge in [0, 0.05) is 16.6 Å². The van der Waals surface area contributed by atoms with E-state index in [9.17, 15) is 8.42 Å². The zero-order chi connectivity index (χ0) is 16.6. The van der Waals surface area contributed by atoms with E-state index < -0.39 is 9.84 Å². The highest BCUT2D eigenvalue weighted by Crippen LogP contribution is 2.21. The van der Waals surface area contributed by atoms with Gasteiger partial charge >= 0.3 is 0 Å². The summed E-state index contributed by atoms with van der Waals surface area (Å²) in [5.74, 6) is 0.833. The van der Waals surface area contributed by atoms with E-state index in [1.807, 2.05) is 11.9 Å². The Balaban J connectivity index is 1.76. The Labute approximate surface area is 144 Å². The summed E-state index contributed by atoms with van der Waals surface area (Å²) in [6.07, 6.45) is 0.633. The van der Waals surface area contributed by atoms with Crippen molar-refractivity contribution in [2.24, 2.45) is 0 Å². The number of rotatable bonds is 4. The molecule has 0 spiro atoms. The zero-order valence-electron chi connectivity index (χ0n) is 12.5. The molecule has 1 unspecified atom stereocenters. The topological polar surface area (TPSA) is 68.3 Å². The van der Waals surface area contributed by atoms with Crippen LogP contribution < -0.4 is 0 Å². The lowest BCUT2D eigenvalue weighted by molar-refractivity contribution is 0.194. The minimum Gasteiger partial charge on any atom is -0.409 e. The first kappa shape index (κ1) is 16.6. The molecule has 6 nitrogen and oxygen atoms in total. The maximum Gasteiger partial charge on any atom is 0.288 e. The van der Waals surface area contributed by atoms with Crippen LogP contribution in [0, 0.1) is 4.84 Å². The third-order valence-corrected chi connectivity index (χ3v) is 6.18. The van der Waals surface area contributed by atoms with E-state index in [-0.39, 0.29) is 22.4 Å². The summed E-state index contributed by atoms with van der Waals surface area (Å²) < 4.78 is 30.2. The first-order valence-corrected chi connectivity index (χ1v) is 9.69. The molecule has 2 aromatic rings. The molecule has 1 atom stereocenters. The summed E-state index contributed by atoms with van der Waals surface area (Å²) in [6, 6.07) is 7.10. The van der Waals surface area contributed by atoms with Crippen LogP contribution in [0.4, 0.5) is 0 Å². The van der Waals surface area contributed by atoms with E-state index in [4.69, 9.17) is 28.2 Å². The zero-order valence-corrected chi connectivity index (χ0v) is 14.9. The van der Waals surface area contributed by atoms with E-state index in [0.29, 0.717) is 24.0 Å². The molecule has 1 saturated heterocycles. The normalized spacial score (nSPS) is 20.2. The quantitative estimate of drug-likeness (QED) is 0.767. The molecule has 1 aliphatic rings. The predicted molar refractivity (Wildman–Crippen MR) is 90.6 cm³/mol. The van der Waals surface area contributed by atoms with Crippen LogP contribution in [0.3, 0.4) is 0 Å². The SMILES string of the molecule is CN(Cn1nc(-c2ccc(Cl)cc2)oc1=S)C1CCS(=O)(=O)C1. The number of hydrogen-bond donors (Lipinski definition) is 0. The van der Waals surface area contributed by atoms with Gasteiger partial charge in [0.25, 0.3) is 4.84 Å². The Hall–Kier alpha value is -1.22. The minimum atomic E-state index is -2.92. The van der Waals surface area contributed by atoms with Crippen molar-refractivity contribution >= 4 is 33.7 Å². The van der Waals surface area contributed by atoms with Gasteiger partial charge < -0.3 is 4.42 Å². The van der Waals surface area contributed by atoms with E-state index >= 15 is 0 Å². The van der Waals surface area contributed by atoms with Crippen LogP contribution in [0.25, 0.3) is 11.5 Å². The van der Waals surface area contributed by atoms with Crippen molar-refractivity contribution in [1.29, 1.82) is 0 Å². The Morgan fingerprint density at radius 1 is 1.43 bits per heavy atom. The summed E-state index contributed by atoms with van der Waals surface area (Å²) in [4.78, 5) is 2.19. The third kappa shape index (κ3) is 3.82. The molecule has 1 aromatic carbocycles. The van der Waals surface area contributed by atoms with Crippen molar-refractivity contribution in [3.63, 3.8) is 0 Å². The minimum absolute atomic E-state index is 0.0161. The monoisotopic (exact) mass is 373 g/mol. The van der Waals surface area contributed by atoms with Gasteiger partial charge in [-0.25, -0.2) is 13.1 Å². The van der Waals surface area contributed by atoms with Crippen molar-refractivity contribution in [1.82, 2.24) is 14.7 Å². The second-order valence-corrected chi connectivity index (χ2v) is 8.65. The van der Waals surface area contributed by atoms with Crippen LogP contribution in [0.2, 0.25) is 5.02 Å². The summed E-state index contributed by atoms with van der Waals surface area (Å²) in [5, 5.41) is 5.00. The first-order chi connectivity index (χ1) is 10.8. The fraction of sp³-hybridized carbons (Fsp3) is 0.429. The second-order valence-electron chi connectivity index (χ2n) is 5.63. The van der Waals surface area contributed by atoms with Gasteiger partial charge in [0.2, 0.25) is 5.89 Å². The molecule has 0 amide bonds. The summed E-state index contributed by atoms with van der Waals surface area (Å²) in [5.41, 5.74) is 0.783. The molecule has 0 saturated carbocycles. The van der Waals surface area contributed by atoms with Gasteiger partial charge in [0.15, 0.2) is 9.84 Å². The lowest BCUT2D eigenvalue weighted by Gasteiger charge is -2.22. The fourth-order valence-electron chi connectivity index (χ4n) is 2.55. The molecule has 3 rings (SSSR count). The Morgan fingerprint density at radius 2 is 2.13 bits per heavy atom. The molecule has 1 aliphatic heterocycles. The summed E-state index contributed by atoms with van der Waals surface area (Å²) in [7, 11) is -1.05. The third-order valence-electron chi connectivity index (χ3n) is 3.89. The van der Waals surface area contributed by atoms with Gasteiger partial charge in [-0.3, -0.25) is 4.90 Å². The van der Waals surface area contributed by atoms with Gasteiger partial charge in [0.05, 0.1) is 18.2 Å². The summed E-state index contributed by atoms with van der Waals surface area (Å²) in [6.45, 7) is 0.385. The van der Waals surface area contributed by atoms with E-state index in [2.05, 4.69) is 5.10 Å². The molecule has 2 heterocycles. The van der Waals surface area contributed by atoms with E-state index in [1.54, 1.807) is 28.9 Å². The molecule has 9 heteroatoms. The highest BCUT2D eigenvalue weighted by molar-refractivity contribution is 7.91. The molecule has 0 aliphatic carbocycles. The lowest BCUT2D eigenvalue weighted by Crippen LogP contribution is -2.34. The van der Waals surface area contributed by atoms with Crippen LogP contribution in [-0.2, 0) is 16.5 Å². The Kier molecular flexibility index (Phi) is 4.59. The molecule has 1 aromatic heterocycles. The molecule has 0 N–H and O–H groups in total. The van der Waals surface area contributed by atoms with Gasteiger partial charge in [-0.2, -0.15) is 0 Å². The number of hydrogen-bond acceptors (Lipinski definition) is 6. The summed E-state index contributed by atoms with van der Waals surface area (Å²) >= 11 is 11.1. The molecular formula is C14H16ClN3O3S2. The number of benzene rings is 1. The molecular weight excluding hydrogens is 358 g/mol. The van der Waals surface area contributed by atoms with Crippen molar-refractivity contribution in [3.05, 3.63) is 34.1 Å². The highest BCUT2D eigenvalue weighted by Gasteiger charge is 2.30. The molecule has 0 radical (unpaired) electrons.